The Morgan fingerprint density at radius 3 is 2.64 bits per heavy atom. The van der Waals surface area contributed by atoms with Crippen LogP contribution >= 0.6 is 0 Å². The maximum atomic E-state index is 5.99. The minimum atomic E-state index is 0.296. The van der Waals surface area contributed by atoms with Crippen molar-refractivity contribution in [2.75, 3.05) is 0 Å². The zero-order valence-corrected chi connectivity index (χ0v) is 9.62. The van der Waals surface area contributed by atoms with Crippen molar-refractivity contribution in [3.8, 4) is 0 Å². The van der Waals surface area contributed by atoms with E-state index in [2.05, 4.69) is 25.0 Å². The quantitative estimate of drug-likeness (QED) is 0.793. The lowest BCUT2D eigenvalue weighted by atomic mass is 9.95. The fourth-order valence-electron chi connectivity index (χ4n) is 1.74. The van der Waals surface area contributed by atoms with Gasteiger partial charge < -0.3 is 5.73 Å². The third-order valence-electron chi connectivity index (χ3n) is 2.83. The van der Waals surface area contributed by atoms with Gasteiger partial charge in [-0.05, 0) is 31.7 Å². The largest absolute Gasteiger partial charge is 0.327 e. The Morgan fingerprint density at radius 1 is 1.57 bits per heavy atom. The number of aromatic nitrogens is 2. The Morgan fingerprint density at radius 2 is 2.21 bits per heavy atom. The first kappa shape index (κ1) is 11.2. The highest BCUT2D eigenvalue weighted by atomic mass is 15.3. The molecule has 1 aromatic heterocycles. The summed E-state index contributed by atoms with van der Waals surface area (Å²) in [6.07, 6.45) is 2.06. The Labute approximate surface area is 86.3 Å². The summed E-state index contributed by atoms with van der Waals surface area (Å²) in [6.45, 7) is 6.36. The molecule has 0 amide bonds. The topological polar surface area (TPSA) is 43.8 Å². The maximum absolute atomic E-state index is 5.99. The van der Waals surface area contributed by atoms with Crippen LogP contribution in [0.15, 0.2) is 6.07 Å². The summed E-state index contributed by atoms with van der Waals surface area (Å²) in [4.78, 5) is 0. The molecular weight excluding hydrogens is 174 g/mol. The van der Waals surface area contributed by atoms with E-state index < -0.39 is 0 Å². The highest BCUT2D eigenvalue weighted by molar-refractivity contribution is 5.09. The van der Waals surface area contributed by atoms with Crippen LogP contribution in [0.2, 0.25) is 0 Å². The molecule has 0 bridgehead atoms. The Balaban J connectivity index is 2.64. The van der Waals surface area contributed by atoms with E-state index in [0.717, 1.165) is 18.5 Å². The molecule has 3 heteroatoms. The van der Waals surface area contributed by atoms with Crippen LogP contribution in [0.5, 0.6) is 0 Å². The van der Waals surface area contributed by atoms with Gasteiger partial charge in [-0.15, -0.1) is 0 Å². The summed E-state index contributed by atoms with van der Waals surface area (Å²) >= 11 is 0. The molecule has 0 saturated heterocycles. The van der Waals surface area contributed by atoms with Gasteiger partial charge in [-0.25, -0.2) is 0 Å². The van der Waals surface area contributed by atoms with Gasteiger partial charge in [0.1, 0.15) is 0 Å². The fraction of sp³-hybridized carbons (Fsp3) is 0.727. The number of nitrogens with two attached hydrogens (primary N) is 1. The lowest BCUT2D eigenvalue weighted by Gasteiger charge is -2.17. The zero-order valence-electron chi connectivity index (χ0n) is 9.62. The van der Waals surface area contributed by atoms with Crippen LogP contribution in [0.4, 0.5) is 0 Å². The molecule has 0 aromatic carbocycles. The van der Waals surface area contributed by atoms with Crippen LogP contribution in [0.3, 0.4) is 0 Å². The molecule has 80 valence electrons. The second kappa shape index (κ2) is 4.60. The molecular formula is C11H21N3. The molecule has 0 saturated carbocycles. The first-order chi connectivity index (χ1) is 6.54. The lowest BCUT2D eigenvalue weighted by molar-refractivity contribution is 0.431. The van der Waals surface area contributed by atoms with Crippen molar-refractivity contribution in [3.63, 3.8) is 0 Å². The van der Waals surface area contributed by atoms with E-state index in [1.54, 1.807) is 0 Å². The number of aryl methyl sites for hydroxylation is 2. The summed E-state index contributed by atoms with van der Waals surface area (Å²) in [5, 5.41) is 4.33. The van der Waals surface area contributed by atoms with Crippen LogP contribution in [0.25, 0.3) is 0 Å². The second-order valence-corrected chi connectivity index (χ2v) is 4.15. The molecule has 1 rings (SSSR count). The summed E-state index contributed by atoms with van der Waals surface area (Å²) in [6, 6.07) is 2.43. The SMILES string of the molecule is CCC(N)C(C)Cc1cc(C)nn1C. The van der Waals surface area contributed by atoms with E-state index in [-0.39, 0.29) is 0 Å². The fourth-order valence-corrected chi connectivity index (χ4v) is 1.74. The van der Waals surface area contributed by atoms with Crippen LogP contribution in [0.1, 0.15) is 31.7 Å². The van der Waals surface area contributed by atoms with E-state index in [9.17, 15) is 0 Å². The van der Waals surface area contributed by atoms with Crippen LogP contribution in [0, 0.1) is 12.8 Å². The summed E-state index contributed by atoms with van der Waals surface area (Å²) in [5.74, 6) is 0.523. The molecule has 2 atom stereocenters. The van der Waals surface area contributed by atoms with Gasteiger partial charge in [0.15, 0.2) is 0 Å². The Kier molecular flexibility index (Phi) is 3.69. The summed E-state index contributed by atoms with van der Waals surface area (Å²) < 4.78 is 1.95. The number of rotatable bonds is 4. The van der Waals surface area contributed by atoms with Crippen molar-refractivity contribution < 1.29 is 0 Å². The van der Waals surface area contributed by atoms with Crippen molar-refractivity contribution in [3.05, 3.63) is 17.5 Å². The van der Waals surface area contributed by atoms with Crippen LogP contribution in [-0.2, 0) is 13.5 Å². The minimum Gasteiger partial charge on any atom is -0.327 e. The van der Waals surface area contributed by atoms with Crippen molar-refractivity contribution in [1.29, 1.82) is 0 Å². The lowest BCUT2D eigenvalue weighted by Crippen LogP contribution is -2.29. The van der Waals surface area contributed by atoms with Gasteiger partial charge in [0.2, 0.25) is 0 Å². The predicted octanol–water partition coefficient (Wildman–Crippen LogP) is 1.64. The molecule has 1 heterocycles. The highest BCUT2D eigenvalue weighted by Gasteiger charge is 2.13. The van der Waals surface area contributed by atoms with E-state index >= 15 is 0 Å². The molecule has 3 nitrogen and oxygen atoms in total. The third-order valence-corrected chi connectivity index (χ3v) is 2.83. The van der Waals surface area contributed by atoms with Gasteiger partial charge in [0.25, 0.3) is 0 Å². The van der Waals surface area contributed by atoms with Crippen LogP contribution in [-0.4, -0.2) is 15.8 Å². The smallest absolute Gasteiger partial charge is 0.0596 e. The van der Waals surface area contributed by atoms with Gasteiger partial charge in [0.05, 0.1) is 5.69 Å². The van der Waals surface area contributed by atoms with Gasteiger partial charge in [0, 0.05) is 18.8 Å². The summed E-state index contributed by atoms with van der Waals surface area (Å²) in [5.41, 5.74) is 8.35. The summed E-state index contributed by atoms with van der Waals surface area (Å²) in [7, 11) is 1.99. The van der Waals surface area contributed by atoms with Crippen molar-refractivity contribution in [2.24, 2.45) is 18.7 Å². The first-order valence-electron chi connectivity index (χ1n) is 5.29. The normalized spacial score (nSPS) is 15.5. The molecule has 1 aromatic rings. The molecule has 2 N–H and O–H groups in total. The molecule has 0 fully saturated rings. The van der Waals surface area contributed by atoms with Crippen LogP contribution < -0.4 is 5.73 Å². The molecule has 2 unspecified atom stereocenters. The standard InChI is InChI=1S/C11H21N3/c1-5-11(12)8(2)6-10-7-9(3)13-14(10)4/h7-8,11H,5-6,12H2,1-4H3. The maximum Gasteiger partial charge on any atom is 0.0596 e. The van der Waals surface area contributed by atoms with E-state index in [1.807, 2.05) is 18.7 Å². The minimum absolute atomic E-state index is 0.296. The van der Waals surface area contributed by atoms with E-state index in [0.29, 0.717) is 12.0 Å². The zero-order chi connectivity index (χ0) is 10.7. The van der Waals surface area contributed by atoms with Crippen molar-refractivity contribution in [2.45, 2.75) is 39.7 Å². The monoisotopic (exact) mass is 195 g/mol. The van der Waals surface area contributed by atoms with E-state index in [1.165, 1.54) is 5.69 Å². The predicted molar refractivity (Wildman–Crippen MR) is 59.1 cm³/mol. The Bertz CT molecular complexity index is 291. The average Bonchev–Trinajstić information content (AvgIpc) is 2.44. The van der Waals surface area contributed by atoms with Gasteiger partial charge in [-0.1, -0.05) is 13.8 Å². The molecule has 0 aliphatic rings. The molecule has 14 heavy (non-hydrogen) atoms. The van der Waals surface area contributed by atoms with E-state index in [4.69, 9.17) is 5.73 Å². The first-order valence-corrected chi connectivity index (χ1v) is 5.29. The average molecular weight is 195 g/mol. The van der Waals surface area contributed by atoms with Gasteiger partial charge in [-0.2, -0.15) is 5.10 Å². The molecule has 0 spiro atoms. The van der Waals surface area contributed by atoms with Crippen molar-refractivity contribution in [1.82, 2.24) is 9.78 Å². The second-order valence-electron chi connectivity index (χ2n) is 4.15. The molecule has 0 aliphatic carbocycles. The number of nitrogens with zero attached hydrogens (tertiary/aromatic N) is 2. The molecule has 0 radical (unpaired) electrons. The number of hydrogen-bond acceptors (Lipinski definition) is 2. The van der Waals surface area contributed by atoms with Crippen molar-refractivity contribution >= 4 is 0 Å². The highest BCUT2D eigenvalue weighted by Crippen LogP contribution is 2.13. The number of hydrogen-bond donors (Lipinski definition) is 1. The van der Waals surface area contributed by atoms with Gasteiger partial charge in [-0.3, -0.25) is 4.68 Å². The molecule has 0 aliphatic heterocycles. The Hall–Kier alpha value is -0.830. The third kappa shape index (κ3) is 2.58. The van der Waals surface area contributed by atoms with Gasteiger partial charge >= 0.3 is 0 Å².